The molecule has 0 saturated carbocycles. The van der Waals surface area contributed by atoms with E-state index in [2.05, 4.69) is 48.6 Å². The summed E-state index contributed by atoms with van der Waals surface area (Å²) in [6.07, 6.45) is 0.896. The molecule has 5 heteroatoms. The van der Waals surface area contributed by atoms with E-state index in [1.54, 1.807) is 12.0 Å². The van der Waals surface area contributed by atoms with Gasteiger partial charge in [0.1, 0.15) is 38.5 Å². The fraction of sp³-hybridized carbons (Fsp3) is 0.435. The van der Waals surface area contributed by atoms with Crippen molar-refractivity contribution in [2.24, 2.45) is 0 Å². The molecule has 5 nitrogen and oxygen atoms in total. The molecular weight excluding hydrogens is 350 g/mol. The number of hydrogen-bond donors (Lipinski definition) is 3. The van der Waals surface area contributed by atoms with Crippen molar-refractivity contribution in [3.05, 3.63) is 65.2 Å². The zero-order valence-corrected chi connectivity index (χ0v) is 17.1. The minimum atomic E-state index is 0.169. The standard InChI is InChI=1S/C23H31N3O2/c1-19-5-3-4-6-21(19)11-12-24-23(27)18-26-15-13-25(14-16-26)17-20-7-9-22(28-2)10-8-20/h3-10H,11-18H2,1-2H3,(H,24,27)/p+2. The van der Waals surface area contributed by atoms with Gasteiger partial charge in [0, 0.05) is 12.1 Å². The molecule has 1 saturated heterocycles. The Bertz CT molecular complexity index is 753. The van der Waals surface area contributed by atoms with Crippen molar-refractivity contribution in [3.8, 4) is 5.75 Å². The summed E-state index contributed by atoms with van der Waals surface area (Å²) in [4.78, 5) is 15.3. The molecule has 0 bridgehead atoms. The maximum atomic E-state index is 12.3. The quantitative estimate of drug-likeness (QED) is 0.583. The monoisotopic (exact) mass is 383 g/mol. The van der Waals surface area contributed by atoms with Crippen LogP contribution in [0.2, 0.25) is 0 Å². The summed E-state index contributed by atoms with van der Waals surface area (Å²) in [7, 11) is 1.70. The number of piperazine rings is 1. The van der Waals surface area contributed by atoms with Crippen molar-refractivity contribution in [1.29, 1.82) is 0 Å². The zero-order valence-electron chi connectivity index (χ0n) is 17.1. The molecule has 1 aliphatic heterocycles. The summed E-state index contributed by atoms with van der Waals surface area (Å²) in [5.74, 6) is 1.07. The highest BCUT2D eigenvalue weighted by Gasteiger charge is 2.24. The van der Waals surface area contributed by atoms with E-state index in [-0.39, 0.29) is 5.91 Å². The number of benzene rings is 2. The Hall–Kier alpha value is -2.37. The van der Waals surface area contributed by atoms with Gasteiger partial charge in [-0.25, -0.2) is 0 Å². The van der Waals surface area contributed by atoms with Gasteiger partial charge < -0.3 is 19.9 Å². The van der Waals surface area contributed by atoms with Crippen LogP contribution in [0.4, 0.5) is 0 Å². The van der Waals surface area contributed by atoms with E-state index in [4.69, 9.17) is 4.74 Å². The number of carbonyl (C=O) groups excluding carboxylic acids is 1. The van der Waals surface area contributed by atoms with E-state index in [0.717, 1.165) is 44.9 Å². The number of carbonyl (C=O) groups is 1. The first kappa shape index (κ1) is 20.4. The molecule has 0 unspecified atom stereocenters. The first-order chi connectivity index (χ1) is 13.6. The van der Waals surface area contributed by atoms with Gasteiger partial charge in [-0.05, 0) is 48.7 Å². The van der Waals surface area contributed by atoms with E-state index in [0.29, 0.717) is 13.1 Å². The molecule has 1 amide bonds. The molecule has 1 heterocycles. The predicted octanol–water partition coefficient (Wildman–Crippen LogP) is -0.354. The van der Waals surface area contributed by atoms with Crippen LogP contribution in [0.15, 0.2) is 48.5 Å². The van der Waals surface area contributed by atoms with Crippen LogP contribution in [0, 0.1) is 6.92 Å². The Morgan fingerprint density at radius 1 is 1.00 bits per heavy atom. The molecule has 1 aliphatic rings. The Morgan fingerprint density at radius 3 is 2.36 bits per heavy atom. The molecular formula is C23H33N3O2+2. The van der Waals surface area contributed by atoms with Crippen LogP contribution >= 0.6 is 0 Å². The van der Waals surface area contributed by atoms with Crippen molar-refractivity contribution in [1.82, 2.24) is 5.32 Å². The third kappa shape index (κ3) is 6.08. The number of amides is 1. The number of ether oxygens (including phenoxy) is 1. The lowest BCUT2D eigenvalue weighted by atomic mass is 10.1. The highest BCUT2D eigenvalue weighted by molar-refractivity contribution is 5.76. The van der Waals surface area contributed by atoms with Gasteiger partial charge in [-0.2, -0.15) is 0 Å². The molecule has 0 aliphatic carbocycles. The Kier molecular flexibility index (Phi) is 7.46. The van der Waals surface area contributed by atoms with Crippen LogP contribution in [0.1, 0.15) is 16.7 Å². The summed E-state index contributed by atoms with van der Waals surface area (Å²) in [5, 5.41) is 3.09. The van der Waals surface area contributed by atoms with E-state index in [1.807, 2.05) is 12.1 Å². The fourth-order valence-electron chi connectivity index (χ4n) is 3.86. The minimum Gasteiger partial charge on any atom is -0.497 e. The first-order valence-electron chi connectivity index (χ1n) is 10.3. The first-order valence-corrected chi connectivity index (χ1v) is 10.3. The largest absolute Gasteiger partial charge is 0.497 e. The number of nitrogens with one attached hydrogen (secondary N) is 3. The fourth-order valence-corrected chi connectivity index (χ4v) is 3.86. The van der Waals surface area contributed by atoms with E-state index < -0.39 is 0 Å². The lowest BCUT2D eigenvalue weighted by Crippen LogP contribution is -3.28. The second kappa shape index (κ2) is 10.2. The summed E-state index contributed by atoms with van der Waals surface area (Å²) in [5.41, 5.74) is 3.94. The van der Waals surface area contributed by atoms with Gasteiger partial charge in [-0.1, -0.05) is 24.3 Å². The van der Waals surface area contributed by atoms with Crippen molar-refractivity contribution in [3.63, 3.8) is 0 Å². The molecule has 0 spiro atoms. The topological polar surface area (TPSA) is 47.2 Å². The molecule has 28 heavy (non-hydrogen) atoms. The van der Waals surface area contributed by atoms with Crippen LogP contribution in [0.3, 0.4) is 0 Å². The summed E-state index contributed by atoms with van der Waals surface area (Å²) >= 11 is 0. The van der Waals surface area contributed by atoms with Gasteiger partial charge in [0.2, 0.25) is 0 Å². The highest BCUT2D eigenvalue weighted by atomic mass is 16.5. The van der Waals surface area contributed by atoms with Crippen molar-refractivity contribution in [2.45, 2.75) is 19.9 Å². The van der Waals surface area contributed by atoms with Crippen LogP contribution in [0.25, 0.3) is 0 Å². The predicted molar refractivity (Wildman–Crippen MR) is 111 cm³/mol. The summed E-state index contributed by atoms with van der Waals surface area (Å²) in [6.45, 7) is 8.79. The third-order valence-electron chi connectivity index (χ3n) is 5.67. The number of quaternary nitrogens is 2. The molecule has 3 N–H and O–H groups in total. The Morgan fingerprint density at radius 2 is 1.68 bits per heavy atom. The van der Waals surface area contributed by atoms with Gasteiger partial charge in [-0.15, -0.1) is 0 Å². The second-order valence-corrected chi connectivity index (χ2v) is 7.73. The van der Waals surface area contributed by atoms with Crippen LogP contribution < -0.4 is 19.9 Å². The summed E-state index contributed by atoms with van der Waals surface area (Å²) in [6, 6.07) is 16.7. The van der Waals surface area contributed by atoms with E-state index in [1.165, 1.54) is 21.6 Å². The average molecular weight is 384 g/mol. The van der Waals surface area contributed by atoms with Crippen molar-refractivity contribution < 1.29 is 19.3 Å². The zero-order chi connectivity index (χ0) is 19.8. The number of methoxy groups -OCH3 is 1. The average Bonchev–Trinajstić information content (AvgIpc) is 2.71. The van der Waals surface area contributed by atoms with Crippen molar-refractivity contribution >= 4 is 5.91 Å². The normalized spacial score (nSPS) is 19.2. The molecule has 150 valence electrons. The Labute approximate surface area is 168 Å². The molecule has 0 radical (unpaired) electrons. The second-order valence-electron chi connectivity index (χ2n) is 7.73. The number of aryl methyl sites for hydroxylation is 1. The number of hydrogen-bond acceptors (Lipinski definition) is 2. The van der Waals surface area contributed by atoms with Gasteiger partial charge >= 0.3 is 0 Å². The Balaban J connectivity index is 1.34. The van der Waals surface area contributed by atoms with Crippen LogP contribution in [0.5, 0.6) is 5.75 Å². The molecule has 2 aromatic rings. The SMILES string of the molecule is COc1ccc(C[NH+]2CC[NH+](CC(=O)NCCc3ccccc3C)CC2)cc1. The minimum absolute atomic E-state index is 0.169. The van der Waals surface area contributed by atoms with Crippen molar-refractivity contribution in [2.75, 3.05) is 46.4 Å². The van der Waals surface area contributed by atoms with Crippen LogP contribution in [-0.4, -0.2) is 52.3 Å². The molecule has 2 aromatic carbocycles. The maximum Gasteiger partial charge on any atom is 0.275 e. The molecule has 3 rings (SSSR count). The van der Waals surface area contributed by atoms with Gasteiger partial charge in [0.25, 0.3) is 5.91 Å². The molecule has 0 aromatic heterocycles. The van der Waals surface area contributed by atoms with Gasteiger partial charge in [-0.3, -0.25) is 4.79 Å². The highest BCUT2D eigenvalue weighted by Crippen LogP contribution is 2.10. The summed E-state index contributed by atoms with van der Waals surface area (Å²) < 4.78 is 5.22. The maximum absolute atomic E-state index is 12.3. The van der Waals surface area contributed by atoms with Gasteiger partial charge in [0.15, 0.2) is 6.54 Å². The third-order valence-corrected chi connectivity index (χ3v) is 5.67. The molecule has 0 atom stereocenters. The van der Waals surface area contributed by atoms with E-state index >= 15 is 0 Å². The smallest absolute Gasteiger partial charge is 0.275 e. The number of rotatable bonds is 8. The van der Waals surface area contributed by atoms with Crippen LogP contribution in [-0.2, 0) is 17.8 Å². The lowest BCUT2D eigenvalue weighted by Gasteiger charge is -2.29. The van der Waals surface area contributed by atoms with Gasteiger partial charge in [0.05, 0.1) is 7.11 Å². The lowest BCUT2D eigenvalue weighted by molar-refractivity contribution is -1.02. The molecule has 1 fully saturated rings. The van der Waals surface area contributed by atoms with E-state index in [9.17, 15) is 4.79 Å².